The number of nitrogens with two attached hydrogens (primary N) is 1. The zero-order valence-corrected chi connectivity index (χ0v) is 20.4. The Balaban J connectivity index is 1.44. The summed E-state index contributed by atoms with van der Waals surface area (Å²) in [5.41, 5.74) is 6.33. The van der Waals surface area contributed by atoms with E-state index in [2.05, 4.69) is 43.0 Å². The van der Waals surface area contributed by atoms with Gasteiger partial charge >= 0.3 is 6.03 Å². The summed E-state index contributed by atoms with van der Waals surface area (Å²) in [6.45, 7) is 6.78. The molecule has 33 heavy (non-hydrogen) atoms. The summed E-state index contributed by atoms with van der Waals surface area (Å²) < 4.78 is 5.49. The second-order valence-electron chi connectivity index (χ2n) is 11.7. The Morgan fingerprint density at radius 2 is 1.64 bits per heavy atom. The molecule has 0 atom stereocenters. The Bertz CT molecular complexity index is 853. The first kappa shape index (κ1) is 23.1. The first-order valence-electron chi connectivity index (χ1n) is 12.9. The Morgan fingerprint density at radius 3 is 2.21 bits per heavy atom. The average Bonchev–Trinajstić information content (AvgIpc) is 2.92. The number of carbonyl (C=O) groups excluding carboxylic acids is 1. The second-order valence-corrected chi connectivity index (χ2v) is 11.7. The molecule has 2 aliphatic carbocycles. The van der Waals surface area contributed by atoms with Crippen LogP contribution in [-0.4, -0.2) is 63.9 Å². The van der Waals surface area contributed by atoms with Crippen molar-refractivity contribution in [2.24, 2.45) is 11.7 Å². The maximum atomic E-state index is 14.0. The van der Waals surface area contributed by atoms with Crippen LogP contribution < -0.4 is 5.73 Å². The third-order valence-electron chi connectivity index (χ3n) is 9.65. The summed E-state index contributed by atoms with van der Waals surface area (Å²) in [6, 6.07) is 10.6. The fourth-order valence-corrected chi connectivity index (χ4v) is 6.86. The van der Waals surface area contributed by atoms with Crippen molar-refractivity contribution in [1.82, 2.24) is 9.80 Å². The Labute approximate surface area is 198 Å². The Kier molecular flexibility index (Phi) is 5.78. The molecule has 1 spiro atoms. The van der Waals surface area contributed by atoms with E-state index in [1.54, 1.807) is 0 Å². The van der Waals surface area contributed by atoms with Gasteiger partial charge in [-0.1, -0.05) is 36.8 Å². The number of aliphatic hydroxyl groups is 1. The third kappa shape index (κ3) is 3.78. The minimum atomic E-state index is -0.866. The standard InChI is InChI=1S/C27H41N3O3/c1-24(2)27(13-11-26(28,12-14-27)22-9-4-3-5-10-22)29(19-21-7-6-8-21)23(31)30(24)20-25(32)15-17-33-18-16-25/h3-5,9-10,21,32H,6-8,11-20,28H2,1-2H3. The Morgan fingerprint density at radius 1 is 1.00 bits per heavy atom. The van der Waals surface area contributed by atoms with Crippen LogP contribution in [0.15, 0.2) is 30.3 Å². The number of amides is 2. The van der Waals surface area contributed by atoms with Gasteiger partial charge in [-0.2, -0.15) is 0 Å². The maximum absolute atomic E-state index is 14.0. The van der Waals surface area contributed by atoms with E-state index in [0.29, 0.717) is 38.5 Å². The number of hydrogen-bond donors (Lipinski definition) is 2. The lowest BCUT2D eigenvalue weighted by Crippen LogP contribution is -2.63. The molecule has 2 amide bonds. The molecule has 2 aliphatic heterocycles. The summed E-state index contributed by atoms with van der Waals surface area (Å²) in [7, 11) is 0. The van der Waals surface area contributed by atoms with Crippen molar-refractivity contribution in [1.29, 1.82) is 0 Å². The van der Waals surface area contributed by atoms with Crippen LogP contribution in [0.25, 0.3) is 0 Å². The van der Waals surface area contributed by atoms with Crippen LogP contribution in [0.5, 0.6) is 0 Å². The first-order chi connectivity index (χ1) is 15.7. The lowest BCUT2D eigenvalue weighted by molar-refractivity contribution is -0.0865. The van der Waals surface area contributed by atoms with Gasteiger partial charge in [0.1, 0.15) is 0 Å². The Hall–Kier alpha value is -1.63. The van der Waals surface area contributed by atoms with Gasteiger partial charge in [-0.15, -0.1) is 0 Å². The summed E-state index contributed by atoms with van der Waals surface area (Å²) in [6.07, 6.45) is 8.38. The molecule has 3 N–H and O–H groups in total. The van der Waals surface area contributed by atoms with E-state index >= 15 is 0 Å². The fraction of sp³-hybridized carbons (Fsp3) is 0.741. The van der Waals surface area contributed by atoms with Gasteiger partial charge in [-0.3, -0.25) is 0 Å². The van der Waals surface area contributed by atoms with Gasteiger partial charge in [-0.05, 0) is 63.9 Å². The van der Waals surface area contributed by atoms with E-state index in [0.717, 1.165) is 32.2 Å². The third-order valence-corrected chi connectivity index (χ3v) is 9.65. The van der Waals surface area contributed by atoms with Gasteiger partial charge in [0.15, 0.2) is 0 Å². The van der Waals surface area contributed by atoms with Crippen molar-refractivity contribution in [3.63, 3.8) is 0 Å². The summed E-state index contributed by atoms with van der Waals surface area (Å²) >= 11 is 0. The number of benzene rings is 1. The van der Waals surface area contributed by atoms with E-state index in [1.807, 2.05) is 11.0 Å². The van der Waals surface area contributed by atoms with Crippen molar-refractivity contribution in [2.45, 2.75) is 93.9 Å². The molecule has 2 heterocycles. The van der Waals surface area contributed by atoms with Crippen LogP contribution >= 0.6 is 0 Å². The van der Waals surface area contributed by atoms with Gasteiger partial charge in [-0.25, -0.2) is 4.79 Å². The molecule has 182 valence electrons. The van der Waals surface area contributed by atoms with E-state index < -0.39 is 5.60 Å². The zero-order valence-electron chi connectivity index (χ0n) is 20.4. The molecule has 2 saturated carbocycles. The van der Waals surface area contributed by atoms with E-state index in [-0.39, 0.29) is 22.6 Å². The summed E-state index contributed by atoms with van der Waals surface area (Å²) in [5, 5.41) is 11.3. The van der Waals surface area contributed by atoms with E-state index in [4.69, 9.17) is 10.5 Å². The van der Waals surface area contributed by atoms with Gasteiger partial charge < -0.3 is 25.4 Å². The predicted octanol–water partition coefficient (Wildman–Crippen LogP) is 4.01. The van der Waals surface area contributed by atoms with Gasteiger partial charge in [0.05, 0.1) is 23.2 Å². The van der Waals surface area contributed by atoms with Crippen molar-refractivity contribution >= 4 is 6.03 Å². The van der Waals surface area contributed by atoms with Crippen LogP contribution in [0.1, 0.15) is 77.2 Å². The lowest BCUT2D eigenvalue weighted by atomic mass is 9.62. The van der Waals surface area contributed by atoms with Crippen molar-refractivity contribution in [3.8, 4) is 0 Å². The van der Waals surface area contributed by atoms with E-state index in [9.17, 15) is 9.90 Å². The van der Waals surface area contributed by atoms with Crippen molar-refractivity contribution in [3.05, 3.63) is 35.9 Å². The SMILES string of the molecule is CC1(C)N(CC2(O)CCOCC2)C(=O)N(CC2CCC2)C12CCC(N)(c1ccccc1)CC2. The lowest BCUT2D eigenvalue weighted by Gasteiger charge is -2.54. The van der Waals surface area contributed by atoms with Crippen LogP contribution in [0.4, 0.5) is 4.79 Å². The van der Waals surface area contributed by atoms with Crippen LogP contribution in [0.2, 0.25) is 0 Å². The maximum Gasteiger partial charge on any atom is 0.321 e. The number of ether oxygens (including phenoxy) is 1. The highest BCUT2D eigenvalue weighted by atomic mass is 16.5. The number of carbonyl (C=O) groups is 1. The zero-order chi connectivity index (χ0) is 23.3. The van der Waals surface area contributed by atoms with E-state index in [1.165, 1.54) is 24.8 Å². The molecule has 0 aromatic heterocycles. The molecule has 0 radical (unpaired) electrons. The molecule has 1 aromatic rings. The molecule has 1 aromatic carbocycles. The van der Waals surface area contributed by atoms with Crippen LogP contribution in [0, 0.1) is 5.92 Å². The topological polar surface area (TPSA) is 79.0 Å². The number of urea groups is 1. The van der Waals surface area contributed by atoms with Gasteiger partial charge in [0, 0.05) is 38.1 Å². The van der Waals surface area contributed by atoms with Crippen LogP contribution in [-0.2, 0) is 10.3 Å². The highest BCUT2D eigenvalue weighted by Crippen LogP contribution is 2.54. The molecule has 6 heteroatoms. The number of hydrogen-bond acceptors (Lipinski definition) is 4. The summed E-state index contributed by atoms with van der Waals surface area (Å²) in [4.78, 5) is 18.2. The fourth-order valence-electron chi connectivity index (χ4n) is 6.86. The highest BCUT2D eigenvalue weighted by Gasteiger charge is 2.64. The van der Waals surface area contributed by atoms with Crippen molar-refractivity contribution < 1.29 is 14.6 Å². The monoisotopic (exact) mass is 455 g/mol. The van der Waals surface area contributed by atoms with Crippen molar-refractivity contribution in [2.75, 3.05) is 26.3 Å². The average molecular weight is 456 g/mol. The molecule has 2 saturated heterocycles. The van der Waals surface area contributed by atoms with Crippen LogP contribution in [0.3, 0.4) is 0 Å². The minimum absolute atomic E-state index is 0.107. The molecular weight excluding hydrogens is 414 g/mol. The summed E-state index contributed by atoms with van der Waals surface area (Å²) in [5.74, 6) is 0.603. The molecule has 6 nitrogen and oxygen atoms in total. The van der Waals surface area contributed by atoms with Gasteiger partial charge in [0.2, 0.25) is 0 Å². The molecular formula is C27H41N3O3. The largest absolute Gasteiger partial charge is 0.388 e. The quantitative estimate of drug-likeness (QED) is 0.703. The number of rotatable bonds is 5. The molecule has 4 aliphatic rings. The van der Waals surface area contributed by atoms with Gasteiger partial charge in [0.25, 0.3) is 0 Å². The first-order valence-corrected chi connectivity index (χ1v) is 12.9. The number of nitrogens with zero attached hydrogens (tertiary/aromatic N) is 2. The molecule has 5 rings (SSSR count). The predicted molar refractivity (Wildman–Crippen MR) is 129 cm³/mol. The highest BCUT2D eigenvalue weighted by molar-refractivity contribution is 5.80. The smallest absolute Gasteiger partial charge is 0.321 e. The second kappa shape index (κ2) is 8.24. The number of β-amino-alcohol motifs (C(OH)–C–C–N with tert-alkyl or cyclic N) is 1. The normalized spacial score (nSPS) is 34.0. The molecule has 4 fully saturated rings. The molecule has 0 bridgehead atoms. The minimum Gasteiger partial charge on any atom is -0.388 e. The molecule has 0 unspecified atom stereocenters.